The molecule has 0 radical (unpaired) electrons. The van der Waals surface area contributed by atoms with Gasteiger partial charge < -0.3 is 0 Å². The summed E-state index contributed by atoms with van der Waals surface area (Å²) >= 11 is 1.79. The highest BCUT2D eigenvalue weighted by Crippen LogP contribution is 2.62. The summed E-state index contributed by atoms with van der Waals surface area (Å²) in [5.41, 5.74) is 12.6. The first-order chi connectivity index (χ1) is 27.7. The van der Waals surface area contributed by atoms with Gasteiger partial charge in [0.25, 0.3) is 0 Å². The van der Waals surface area contributed by atoms with E-state index >= 15 is 0 Å². The summed E-state index contributed by atoms with van der Waals surface area (Å²) in [7, 11) is 0. The van der Waals surface area contributed by atoms with Crippen LogP contribution in [0.25, 0.3) is 67.2 Å². The van der Waals surface area contributed by atoms with Gasteiger partial charge in [0, 0.05) is 26.5 Å². The van der Waals surface area contributed by atoms with Gasteiger partial charge in [0.05, 0.1) is 17.0 Å². The standard InChI is InChI=1S/C51H30N4S/c52-31-32-12-10-17-35(28-32)36-24-26-44-46(29-36)56-47-30-37(25-27-45(47)51(44)42-22-8-6-19-39(42)40-20-7-9-23-43(40)51)49-53-48(34-14-2-1-3-15-34)54-50(55-49)41-21-11-16-33-13-4-5-18-38(33)41/h1-30H. The van der Waals surface area contributed by atoms with Crippen molar-refractivity contribution >= 4 is 22.5 Å². The lowest BCUT2D eigenvalue weighted by Crippen LogP contribution is -2.32. The van der Waals surface area contributed by atoms with Crippen molar-refractivity contribution in [2.75, 3.05) is 0 Å². The molecule has 260 valence electrons. The Labute approximate surface area is 328 Å². The molecule has 1 aliphatic heterocycles. The van der Waals surface area contributed by atoms with Crippen LogP contribution >= 0.6 is 11.8 Å². The number of hydrogen-bond acceptors (Lipinski definition) is 5. The van der Waals surface area contributed by atoms with Gasteiger partial charge >= 0.3 is 0 Å². The lowest BCUT2D eigenvalue weighted by atomic mass is 9.67. The van der Waals surface area contributed by atoms with E-state index in [0.29, 0.717) is 23.0 Å². The normalized spacial score (nSPS) is 13.1. The zero-order valence-electron chi connectivity index (χ0n) is 30.0. The third kappa shape index (κ3) is 4.90. The fraction of sp³-hybridized carbons (Fsp3) is 0.0196. The Balaban J connectivity index is 1.15. The monoisotopic (exact) mass is 730 g/mol. The molecular weight excluding hydrogens is 701 g/mol. The van der Waals surface area contributed by atoms with E-state index in [-0.39, 0.29) is 0 Å². The molecule has 0 unspecified atom stereocenters. The molecule has 0 saturated carbocycles. The van der Waals surface area contributed by atoms with E-state index in [4.69, 9.17) is 15.0 Å². The highest BCUT2D eigenvalue weighted by Gasteiger charge is 2.50. The average Bonchev–Trinajstić information content (AvgIpc) is 3.56. The summed E-state index contributed by atoms with van der Waals surface area (Å²) in [6, 6.07) is 66.3. The van der Waals surface area contributed by atoms with E-state index in [1.807, 2.05) is 48.5 Å². The predicted octanol–water partition coefficient (Wildman–Crippen LogP) is 12.4. The maximum absolute atomic E-state index is 9.70. The Hall–Kier alpha value is -7.13. The van der Waals surface area contributed by atoms with E-state index in [1.54, 1.807) is 11.8 Å². The van der Waals surface area contributed by atoms with Gasteiger partial charge in [-0.25, -0.2) is 15.0 Å². The maximum atomic E-state index is 9.70. The molecule has 8 aromatic carbocycles. The molecule has 4 nitrogen and oxygen atoms in total. The SMILES string of the molecule is N#Cc1cccc(-c2ccc3c(c2)Sc2cc(-c4nc(-c5ccccc5)nc(-c5cccc6ccccc56)n4)ccc2C32c3ccccc3-c3ccccc32)c1. The second-order valence-electron chi connectivity index (χ2n) is 14.3. The third-order valence-corrected chi connectivity index (χ3v) is 12.3. The summed E-state index contributed by atoms with van der Waals surface area (Å²) in [5.74, 6) is 1.90. The van der Waals surface area contributed by atoms with Crippen LogP contribution in [0.3, 0.4) is 0 Å². The van der Waals surface area contributed by atoms with Crippen molar-refractivity contribution in [1.29, 1.82) is 5.26 Å². The Bertz CT molecular complexity index is 3040. The smallest absolute Gasteiger partial charge is 0.164 e. The largest absolute Gasteiger partial charge is 0.208 e. The zero-order valence-corrected chi connectivity index (χ0v) is 30.8. The molecule has 0 bridgehead atoms. The Kier molecular flexibility index (Phi) is 7.35. The Morgan fingerprint density at radius 2 is 0.946 bits per heavy atom. The number of aromatic nitrogens is 3. The van der Waals surface area contributed by atoms with Crippen molar-refractivity contribution in [3.05, 3.63) is 210 Å². The van der Waals surface area contributed by atoms with Gasteiger partial charge in [0.2, 0.25) is 0 Å². The van der Waals surface area contributed by atoms with Crippen LogP contribution < -0.4 is 0 Å². The minimum atomic E-state index is -0.531. The quantitative estimate of drug-likeness (QED) is 0.180. The Morgan fingerprint density at radius 3 is 1.70 bits per heavy atom. The van der Waals surface area contributed by atoms with Crippen LogP contribution in [0.1, 0.15) is 27.8 Å². The van der Waals surface area contributed by atoms with Crippen molar-refractivity contribution < 1.29 is 0 Å². The van der Waals surface area contributed by atoms with E-state index in [2.05, 4.69) is 140 Å². The number of fused-ring (bicyclic) bond motifs is 10. The van der Waals surface area contributed by atoms with Crippen LogP contribution in [0.15, 0.2) is 192 Å². The topological polar surface area (TPSA) is 62.5 Å². The molecular formula is C51H30N4S. The molecule has 2 aliphatic rings. The van der Waals surface area contributed by atoms with Crippen molar-refractivity contribution in [2.24, 2.45) is 0 Å². The zero-order chi connectivity index (χ0) is 37.2. The molecule has 0 fully saturated rings. The molecule has 5 heteroatoms. The molecule has 0 atom stereocenters. The van der Waals surface area contributed by atoms with Gasteiger partial charge in [-0.05, 0) is 79.5 Å². The van der Waals surface area contributed by atoms with Gasteiger partial charge in [0.1, 0.15) is 0 Å². The van der Waals surface area contributed by atoms with Gasteiger partial charge in [-0.1, -0.05) is 169 Å². The van der Waals surface area contributed by atoms with Crippen LogP contribution in [0.2, 0.25) is 0 Å². The highest BCUT2D eigenvalue weighted by atomic mass is 32.2. The molecule has 9 aromatic rings. The molecule has 0 amide bonds. The number of hydrogen-bond donors (Lipinski definition) is 0. The second-order valence-corrected chi connectivity index (χ2v) is 15.3. The molecule has 2 heterocycles. The van der Waals surface area contributed by atoms with Gasteiger partial charge in [0.15, 0.2) is 17.5 Å². The summed E-state index contributed by atoms with van der Waals surface area (Å²) in [6.07, 6.45) is 0. The Morgan fingerprint density at radius 1 is 0.411 bits per heavy atom. The van der Waals surface area contributed by atoms with E-state index in [9.17, 15) is 5.26 Å². The van der Waals surface area contributed by atoms with Crippen molar-refractivity contribution in [1.82, 2.24) is 15.0 Å². The first kappa shape index (κ1) is 32.3. The molecule has 56 heavy (non-hydrogen) atoms. The van der Waals surface area contributed by atoms with E-state index < -0.39 is 5.41 Å². The van der Waals surface area contributed by atoms with Crippen LogP contribution in [0.4, 0.5) is 0 Å². The van der Waals surface area contributed by atoms with Gasteiger partial charge in [-0.15, -0.1) is 0 Å². The van der Waals surface area contributed by atoms with Crippen LogP contribution in [-0.2, 0) is 5.41 Å². The average molecular weight is 731 g/mol. The fourth-order valence-corrected chi connectivity index (χ4v) is 10.0. The lowest BCUT2D eigenvalue weighted by molar-refractivity contribution is 0.722. The number of nitrogens with zero attached hydrogens (tertiary/aromatic N) is 4. The maximum Gasteiger partial charge on any atom is 0.164 e. The molecule has 1 aromatic heterocycles. The molecule has 0 N–H and O–H groups in total. The molecule has 1 spiro atoms. The van der Waals surface area contributed by atoms with Gasteiger partial charge in [-0.3, -0.25) is 0 Å². The minimum Gasteiger partial charge on any atom is -0.208 e. The molecule has 0 saturated heterocycles. The fourth-order valence-electron chi connectivity index (χ4n) is 8.76. The summed E-state index contributed by atoms with van der Waals surface area (Å²) in [6.45, 7) is 0. The molecule has 11 rings (SSSR count). The summed E-state index contributed by atoms with van der Waals surface area (Å²) < 4.78 is 0. The minimum absolute atomic E-state index is 0.531. The van der Waals surface area contributed by atoms with E-state index in [1.165, 1.54) is 38.3 Å². The predicted molar refractivity (Wildman–Crippen MR) is 225 cm³/mol. The van der Waals surface area contributed by atoms with Crippen LogP contribution in [0.5, 0.6) is 0 Å². The third-order valence-electron chi connectivity index (χ3n) is 11.2. The first-order valence-corrected chi connectivity index (χ1v) is 19.5. The van der Waals surface area contributed by atoms with Crippen molar-refractivity contribution in [3.63, 3.8) is 0 Å². The van der Waals surface area contributed by atoms with E-state index in [0.717, 1.165) is 43.5 Å². The second kappa shape index (κ2) is 12.7. The lowest BCUT2D eigenvalue weighted by Gasteiger charge is -2.40. The van der Waals surface area contributed by atoms with Crippen molar-refractivity contribution in [3.8, 4) is 62.5 Å². The number of rotatable bonds is 4. The number of benzene rings is 8. The number of nitriles is 1. The van der Waals surface area contributed by atoms with Crippen LogP contribution in [0, 0.1) is 11.3 Å². The molecule has 1 aliphatic carbocycles. The first-order valence-electron chi connectivity index (χ1n) is 18.7. The summed E-state index contributed by atoms with van der Waals surface area (Å²) in [5, 5.41) is 11.9. The highest BCUT2D eigenvalue weighted by molar-refractivity contribution is 7.99. The summed E-state index contributed by atoms with van der Waals surface area (Å²) in [4.78, 5) is 17.8. The van der Waals surface area contributed by atoms with Crippen molar-refractivity contribution in [2.45, 2.75) is 15.2 Å². The van der Waals surface area contributed by atoms with Gasteiger partial charge in [-0.2, -0.15) is 5.26 Å². The van der Waals surface area contributed by atoms with Crippen LogP contribution in [-0.4, -0.2) is 15.0 Å².